The summed E-state index contributed by atoms with van der Waals surface area (Å²) in [6, 6.07) is 6.87. The average Bonchev–Trinajstić information content (AvgIpc) is 3.54. The van der Waals surface area contributed by atoms with E-state index < -0.39 is 6.04 Å². The van der Waals surface area contributed by atoms with Crippen LogP contribution in [0.25, 0.3) is 17.0 Å². The Bertz CT molecular complexity index is 1470. The Morgan fingerprint density at radius 1 is 1.07 bits per heavy atom. The zero-order valence-electron chi connectivity index (χ0n) is 27.6. The van der Waals surface area contributed by atoms with Gasteiger partial charge in [-0.2, -0.15) is 4.63 Å². The quantitative estimate of drug-likeness (QED) is 0.164. The number of esters is 1. The van der Waals surface area contributed by atoms with Crippen molar-refractivity contribution in [1.82, 2.24) is 25.1 Å². The summed E-state index contributed by atoms with van der Waals surface area (Å²) < 4.78 is 14.0. The highest BCUT2D eigenvalue weighted by atomic mass is 35.5. The van der Waals surface area contributed by atoms with Crippen LogP contribution in [0, 0.1) is 29.6 Å². The molecule has 0 saturated heterocycles. The lowest BCUT2D eigenvalue weighted by atomic mass is 9.75. The Balaban J connectivity index is 1.14. The number of anilines is 1. The number of nitrogens with zero attached hydrogens (tertiary/aromatic N) is 3. The van der Waals surface area contributed by atoms with Gasteiger partial charge < -0.3 is 14.8 Å². The number of carbonyl (C=O) groups excluding carboxylic acids is 2. The minimum Gasteiger partial charge on any atom is -0.462 e. The molecule has 5 rings (SSSR count). The van der Waals surface area contributed by atoms with Gasteiger partial charge in [-0.05, 0) is 80.8 Å². The molecule has 6 unspecified atom stereocenters. The highest BCUT2D eigenvalue weighted by Crippen LogP contribution is 2.37. The monoisotopic (exact) mass is 640 g/mol. The van der Waals surface area contributed by atoms with E-state index in [1.165, 1.54) is 0 Å². The number of halogens is 1. The van der Waals surface area contributed by atoms with E-state index in [1.54, 1.807) is 11.6 Å². The normalized spacial score (nSPS) is 27.9. The predicted molar refractivity (Wildman–Crippen MR) is 176 cm³/mol. The molecular formula is C34H49ClN6O4. The van der Waals surface area contributed by atoms with Crippen LogP contribution in [-0.4, -0.2) is 56.7 Å². The maximum atomic E-state index is 13.4. The molecular weight excluding hydrogens is 592 g/mol. The van der Waals surface area contributed by atoms with Gasteiger partial charge in [0.25, 0.3) is 0 Å². The van der Waals surface area contributed by atoms with E-state index in [1.807, 2.05) is 24.3 Å². The molecule has 0 aliphatic heterocycles. The maximum absolute atomic E-state index is 13.4. The van der Waals surface area contributed by atoms with Crippen molar-refractivity contribution >= 4 is 34.8 Å². The summed E-state index contributed by atoms with van der Waals surface area (Å²) >= 11 is 6.51. The number of carbonyl (C=O) groups is 2. The van der Waals surface area contributed by atoms with E-state index >= 15 is 0 Å². The van der Waals surface area contributed by atoms with Gasteiger partial charge in [-0.25, -0.2) is 4.98 Å². The summed E-state index contributed by atoms with van der Waals surface area (Å²) in [5.74, 6) is 1.94. The van der Waals surface area contributed by atoms with E-state index in [0.717, 1.165) is 43.4 Å². The van der Waals surface area contributed by atoms with Gasteiger partial charge in [0, 0.05) is 11.3 Å². The number of aromatic nitrogens is 4. The lowest BCUT2D eigenvalue weighted by Gasteiger charge is -2.39. The van der Waals surface area contributed by atoms with Crippen molar-refractivity contribution < 1.29 is 19.1 Å². The predicted octanol–water partition coefficient (Wildman–Crippen LogP) is 6.81. The molecule has 0 radical (unpaired) electrons. The highest BCUT2D eigenvalue weighted by Gasteiger charge is 2.40. The third kappa shape index (κ3) is 7.72. The van der Waals surface area contributed by atoms with E-state index in [0.29, 0.717) is 45.9 Å². The van der Waals surface area contributed by atoms with Crippen LogP contribution in [0.1, 0.15) is 92.2 Å². The topological polar surface area (TPSA) is 123 Å². The third-order valence-corrected chi connectivity index (χ3v) is 9.96. The van der Waals surface area contributed by atoms with Crippen molar-refractivity contribution in [3.8, 4) is 11.4 Å². The molecule has 3 aromatic rings. The molecule has 0 spiro atoms. The summed E-state index contributed by atoms with van der Waals surface area (Å²) in [5.41, 5.74) is 2.84. The van der Waals surface area contributed by atoms with Crippen molar-refractivity contribution in [2.45, 2.75) is 105 Å². The van der Waals surface area contributed by atoms with Gasteiger partial charge in [0.05, 0.1) is 30.5 Å². The number of hydrogen-bond acceptors (Lipinski definition) is 7. The van der Waals surface area contributed by atoms with E-state index in [2.05, 4.69) is 67.4 Å². The molecule has 2 aliphatic carbocycles. The fourth-order valence-corrected chi connectivity index (χ4v) is 7.49. The van der Waals surface area contributed by atoms with Crippen molar-refractivity contribution in [3.63, 3.8) is 0 Å². The SMILES string of the molecule is CC1CC(C)C(OC(=O)C2CCC(C)CC2OCNC(C)C(=O)Nc2cccc(-c3nc4c(Cl)c(C(C)C)[nH]n4n3)c2)C(C)C1. The lowest BCUT2D eigenvalue weighted by molar-refractivity contribution is -0.171. The van der Waals surface area contributed by atoms with Gasteiger partial charge in [0.15, 0.2) is 11.5 Å². The molecule has 2 saturated carbocycles. The average molecular weight is 641 g/mol. The number of nitrogens with one attached hydrogen (secondary N) is 3. The van der Waals surface area contributed by atoms with Gasteiger partial charge >= 0.3 is 5.97 Å². The van der Waals surface area contributed by atoms with Crippen LogP contribution in [-0.2, 0) is 19.1 Å². The van der Waals surface area contributed by atoms with Crippen molar-refractivity contribution in [3.05, 3.63) is 35.0 Å². The molecule has 11 heteroatoms. The van der Waals surface area contributed by atoms with Crippen LogP contribution in [0.15, 0.2) is 24.3 Å². The Kier molecular flexibility index (Phi) is 10.6. The van der Waals surface area contributed by atoms with Crippen molar-refractivity contribution in [2.75, 3.05) is 12.0 Å². The second-order valence-corrected chi connectivity index (χ2v) is 14.3. The number of aromatic amines is 1. The number of amides is 1. The Morgan fingerprint density at radius 2 is 1.80 bits per heavy atom. The van der Waals surface area contributed by atoms with E-state index in [-0.39, 0.29) is 42.7 Å². The molecule has 10 nitrogen and oxygen atoms in total. The van der Waals surface area contributed by atoms with Crippen LogP contribution in [0.3, 0.4) is 0 Å². The second-order valence-electron chi connectivity index (χ2n) is 14.0. The number of ether oxygens (including phenoxy) is 2. The molecule has 6 atom stereocenters. The zero-order valence-corrected chi connectivity index (χ0v) is 28.4. The van der Waals surface area contributed by atoms with E-state index in [4.69, 9.17) is 21.1 Å². The first-order valence-corrected chi connectivity index (χ1v) is 16.9. The van der Waals surface area contributed by atoms with Crippen molar-refractivity contribution in [2.24, 2.45) is 29.6 Å². The Hall–Kier alpha value is -2.95. The van der Waals surface area contributed by atoms with Gasteiger partial charge in [0.2, 0.25) is 5.91 Å². The first-order chi connectivity index (χ1) is 21.4. The summed E-state index contributed by atoms with van der Waals surface area (Å²) in [5, 5.41) is 14.4. The summed E-state index contributed by atoms with van der Waals surface area (Å²) in [7, 11) is 0. The fraction of sp³-hybridized carbons (Fsp3) is 0.647. The fourth-order valence-electron chi connectivity index (χ4n) is 7.11. The third-order valence-electron chi connectivity index (χ3n) is 9.59. The van der Waals surface area contributed by atoms with Gasteiger partial charge in [-0.1, -0.05) is 65.3 Å². The molecule has 246 valence electrons. The molecule has 2 aromatic heterocycles. The molecule has 1 aromatic carbocycles. The zero-order chi connectivity index (χ0) is 32.4. The second kappa shape index (κ2) is 14.2. The Labute approximate surface area is 271 Å². The molecule has 3 N–H and O–H groups in total. The van der Waals surface area contributed by atoms with Crippen LogP contribution >= 0.6 is 11.6 Å². The number of rotatable bonds is 10. The Morgan fingerprint density at radius 3 is 2.49 bits per heavy atom. The van der Waals surface area contributed by atoms with Crippen LogP contribution in [0.4, 0.5) is 5.69 Å². The molecule has 2 heterocycles. The molecule has 2 aliphatic rings. The van der Waals surface area contributed by atoms with Crippen LogP contribution < -0.4 is 10.6 Å². The van der Waals surface area contributed by atoms with Crippen molar-refractivity contribution in [1.29, 1.82) is 0 Å². The molecule has 0 bridgehead atoms. The molecule has 2 fully saturated rings. The minimum absolute atomic E-state index is 0.0385. The summed E-state index contributed by atoms with van der Waals surface area (Å²) in [6.45, 7) is 14.9. The summed E-state index contributed by atoms with van der Waals surface area (Å²) in [4.78, 5) is 31.0. The van der Waals surface area contributed by atoms with Crippen LogP contribution in [0.2, 0.25) is 5.02 Å². The standard InChI is InChI=1S/C34H49ClN6O4/c1-18(2)29-28(35)32-38-31(40-41(32)39-29)24-9-8-10-25(16-24)37-33(42)23(7)36-17-44-27-15-19(3)11-12-26(27)34(43)45-30-21(5)13-20(4)14-22(30)6/h8-10,16,18-23,26-27,30,36,39H,11-15,17H2,1-7H3,(H,37,42). The van der Waals surface area contributed by atoms with E-state index in [9.17, 15) is 9.59 Å². The smallest absolute Gasteiger partial charge is 0.311 e. The number of benzene rings is 1. The largest absolute Gasteiger partial charge is 0.462 e. The van der Waals surface area contributed by atoms with Gasteiger partial charge in [0.1, 0.15) is 11.1 Å². The first kappa shape index (κ1) is 33.4. The number of hydrogen-bond donors (Lipinski definition) is 3. The maximum Gasteiger partial charge on any atom is 0.311 e. The van der Waals surface area contributed by atoms with Gasteiger partial charge in [-0.15, -0.1) is 5.10 Å². The molecule has 45 heavy (non-hydrogen) atoms. The van der Waals surface area contributed by atoms with Gasteiger partial charge in [-0.3, -0.25) is 20.0 Å². The highest BCUT2D eigenvalue weighted by molar-refractivity contribution is 6.34. The molecule has 1 amide bonds. The summed E-state index contributed by atoms with van der Waals surface area (Å²) in [6.07, 6.45) is 4.42. The first-order valence-electron chi connectivity index (χ1n) is 16.5. The number of fused-ring (bicyclic) bond motifs is 1. The minimum atomic E-state index is -0.525. The lowest BCUT2D eigenvalue weighted by Crippen LogP contribution is -2.45. The number of H-pyrrole nitrogens is 1. The van der Waals surface area contributed by atoms with Crippen LogP contribution in [0.5, 0.6) is 0 Å².